The van der Waals surface area contributed by atoms with E-state index in [-0.39, 0.29) is 11.6 Å². The summed E-state index contributed by atoms with van der Waals surface area (Å²) in [5, 5.41) is 15.3. The van der Waals surface area contributed by atoms with E-state index >= 15 is 0 Å². The van der Waals surface area contributed by atoms with Crippen LogP contribution in [0.2, 0.25) is 0 Å². The third kappa shape index (κ3) is 5.49. The van der Waals surface area contributed by atoms with Gasteiger partial charge in [0.15, 0.2) is 0 Å². The molecule has 156 valence electrons. The van der Waals surface area contributed by atoms with Gasteiger partial charge in [-0.15, -0.1) is 0 Å². The lowest BCUT2D eigenvalue weighted by Gasteiger charge is -2.32. The van der Waals surface area contributed by atoms with E-state index in [2.05, 4.69) is 17.1 Å². The number of allylic oxidation sites excluding steroid dienone is 1. The fraction of sp³-hybridized carbons (Fsp3) is 0.476. The normalized spacial score (nSPS) is 19.2. The van der Waals surface area contributed by atoms with Crippen LogP contribution >= 0.6 is 0 Å². The van der Waals surface area contributed by atoms with Gasteiger partial charge in [0.05, 0.1) is 17.6 Å². The van der Waals surface area contributed by atoms with Crippen LogP contribution in [0.5, 0.6) is 0 Å². The molecule has 1 aliphatic heterocycles. The summed E-state index contributed by atoms with van der Waals surface area (Å²) in [6.45, 7) is 6.25. The van der Waals surface area contributed by atoms with Gasteiger partial charge in [0.2, 0.25) is 0 Å². The van der Waals surface area contributed by atoms with Crippen LogP contribution in [0.3, 0.4) is 0 Å². The zero-order valence-corrected chi connectivity index (χ0v) is 17.3. The Morgan fingerprint density at radius 3 is 2.79 bits per heavy atom. The van der Waals surface area contributed by atoms with Crippen molar-refractivity contribution in [3.8, 4) is 0 Å². The molecule has 1 aliphatic rings. The maximum atomic E-state index is 12.5. The number of nitro groups is 1. The second-order valence-corrected chi connectivity index (χ2v) is 6.89. The smallest absolute Gasteiger partial charge is 0.336 e. The minimum atomic E-state index is -0.489. The Labute approximate surface area is 170 Å². The average molecular weight is 401 g/mol. The van der Waals surface area contributed by atoms with Crippen LogP contribution in [0.25, 0.3) is 0 Å². The first-order chi connectivity index (χ1) is 13.9. The van der Waals surface area contributed by atoms with E-state index in [9.17, 15) is 14.9 Å². The number of unbranched alkanes of at least 4 members (excludes halogenated alkanes) is 1. The van der Waals surface area contributed by atoms with E-state index in [1.807, 2.05) is 6.92 Å². The average Bonchev–Trinajstić information content (AvgIpc) is 2.70. The quantitative estimate of drug-likeness (QED) is 0.200. The predicted octanol–water partition coefficient (Wildman–Crippen LogP) is 4.41. The van der Waals surface area contributed by atoms with Gasteiger partial charge in [0.25, 0.3) is 5.69 Å². The van der Waals surface area contributed by atoms with Crippen LogP contribution in [-0.2, 0) is 14.4 Å². The lowest BCUT2D eigenvalue weighted by molar-refractivity contribution is -0.384. The van der Waals surface area contributed by atoms with Gasteiger partial charge < -0.3 is 9.57 Å². The number of rotatable bonds is 9. The molecule has 0 radical (unpaired) electrons. The molecule has 1 aromatic carbocycles. The minimum absolute atomic E-state index is 0.0279. The molecule has 2 unspecified atom stereocenters. The lowest BCUT2D eigenvalue weighted by Crippen LogP contribution is -2.30. The van der Waals surface area contributed by atoms with Gasteiger partial charge >= 0.3 is 5.97 Å². The van der Waals surface area contributed by atoms with Crippen LogP contribution in [0, 0.1) is 16.0 Å². The third-order valence-electron chi connectivity index (χ3n) is 4.93. The van der Waals surface area contributed by atoms with Crippen molar-refractivity contribution in [1.82, 2.24) is 0 Å². The SMILES string of the molecule is CCCCO/N=C/CC1C(C)=NC(C)=C(C(=O)OC)C1c1cccc([N+](=O)[O-])c1. The van der Waals surface area contributed by atoms with Crippen molar-refractivity contribution in [2.24, 2.45) is 16.1 Å². The van der Waals surface area contributed by atoms with Crippen molar-refractivity contribution in [1.29, 1.82) is 0 Å². The highest BCUT2D eigenvalue weighted by Gasteiger charge is 2.37. The molecule has 0 fully saturated rings. The van der Waals surface area contributed by atoms with E-state index < -0.39 is 16.8 Å². The second-order valence-electron chi connectivity index (χ2n) is 6.89. The van der Waals surface area contributed by atoms with Crippen molar-refractivity contribution in [3.05, 3.63) is 51.2 Å². The fourth-order valence-electron chi connectivity index (χ4n) is 3.47. The molecular formula is C21H27N3O5. The minimum Gasteiger partial charge on any atom is -0.466 e. The Hall–Kier alpha value is -3.03. The standard InChI is InChI=1S/C21H27N3O5/c1-5-6-12-29-22-11-10-18-14(2)23-15(3)19(21(25)28-4)20(18)16-8-7-9-17(13-16)24(26)27/h7-9,11,13,18,20H,5-6,10,12H2,1-4H3/b22-11+. The number of benzene rings is 1. The van der Waals surface area contributed by atoms with Crippen molar-refractivity contribution in [2.45, 2.75) is 46.0 Å². The van der Waals surface area contributed by atoms with Crippen molar-refractivity contribution < 1.29 is 19.3 Å². The van der Waals surface area contributed by atoms with E-state index in [0.717, 1.165) is 18.6 Å². The topological polar surface area (TPSA) is 103 Å². The largest absolute Gasteiger partial charge is 0.466 e. The van der Waals surface area contributed by atoms with Gasteiger partial charge in [-0.2, -0.15) is 0 Å². The Balaban J connectivity index is 2.42. The highest BCUT2D eigenvalue weighted by atomic mass is 16.6. The number of hydrogen-bond donors (Lipinski definition) is 0. The molecule has 0 aliphatic carbocycles. The number of non-ortho nitro benzene ring substituents is 1. The lowest BCUT2D eigenvalue weighted by atomic mass is 9.74. The first-order valence-corrected chi connectivity index (χ1v) is 9.63. The number of carbonyl (C=O) groups is 1. The molecule has 1 heterocycles. The molecule has 0 spiro atoms. The fourth-order valence-corrected chi connectivity index (χ4v) is 3.47. The Bertz CT molecular complexity index is 844. The molecule has 2 rings (SSSR count). The second kappa shape index (κ2) is 10.5. The summed E-state index contributed by atoms with van der Waals surface area (Å²) in [6.07, 6.45) is 4.08. The van der Waals surface area contributed by atoms with Crippen LogP contribution < -0.4 is 0 Å². The Kier molecular flexibility index (Phi) is 8.06. The summed E-state index contributed by atoms with van der Waals surface area (Å²) in [5.74, 6) is -1.12. The molecule has 8 nitrogen and oxygen atoms in total. The molecular weight excluding hydrogens is 374 g/mol. The van der Waals surface area contributed by atoms with E-state index in [4.69, 9.17) is 9.57 Å². The molecule has 2 atom stereocenters. The summed E-state index contributed by atoms with van der Waals surface area (Å²) in [4.78, 5) is 33.1. The maximum Gasteiger partial charge on any atom is 0.336 e. The number of ether oxygens (including phenoxy) is 1. The first kappa shape index (κ1) is 22.3. The van der Waals surface area contributed by atoms with Gasteiger partial charge in [0.1, 0.15) is 6.61 Å². The number of oxime groups is 1. The van der Waals surface area contributed by atoms with E-state index in [1.54, 1.807) is 25.3 Å². The van der Waals surface area contributed by atoms with Gasteiger partial charge in [-0.1, -0.05) is 30.6 Å². The van der Waals surface area contributed by atoms with Crippen LogP contribution in [-0.4, -0.2) is 36.5 Å². The Morgan fingerprint density at radius 2 is 2.14 bits per heavy atom. The van der Waals surface area contributed by atoms with E-state index in [0.29, 0.717) is 29.9 Å². The molecule has 0 saturated heterocycles. The third-order valence-corrected chi connectivity index (χ3v) is 4.93. The zero-order chi connectivity index (χ0) is 21.4. The highest BCUT2D eigenvalue weighted by Crippen LogP contribution is 2.41. The van der Waals surface area contributed by atoms with Crippen LogP contribution in [0.4, 0.5) is 5.69 Å². The van der Waals surface area contributed by atoms with Crippen molar-refractivity contribution in [3.63, 3.8) is 0 Å². The number of carbonyl (C=O) groups excluding carboxylic acids is 1. The monoisotopic (exact) mass is 401 g/mol. The van der Waals surface area contributed by atoms with Crippen molar-refractivity contribution in [2.75, 3.05) is 13.7 Å². The number of hydrogen-bond acceptors (Lipinski definition) is 7. The summed E-state index contributed by atoms with van der Waals surface area (Å²) >= 11 is 0. The molecule has 1 aromatic rings. The molecule has 0 bridgehead atoms. The summed E-state index contributed by atoms with van der Waals surface area (Å²) in [6, 6.07) is 6.34. The number of methoxy groups -OCH3 is 1. The molecule has 0 amide bonds. The van der Waals surface area contributed by atoms with Gasteiger partial charge in [-0.05, 0) is 32.3 Å². The highest BCUT2D eigenvalue weighted by molar-refractivity contribution is 5.98. The summed E-state index contributed by atoms with van der Waals surface area (Å²) in [7, 11) is 1.32. The number of nitrogens with zero attached hydrogens (tertiary/aromatic N) is 3. The first-order valence-electron chi connectivity index (χ1n) is 9.63. The van der Waals surface area contributed by atoms with Crippen LogP contribution in [0.1, 0.15) is 51.5 Å². The summed E-state index contributed by atoms with van der Waals surface area (Å²) in [5.41, 5.74) is 2.42. The molecule has 0 aromatic heterocycles. The molecule has 29 heavy (non-hydrogen) atoms. The van der Waals surface area contributed by atoms with Crippen molar-refractivity contribution >= 4 is 23.6 Å². The molecule has 8 heteroatoms. The van der Waals surface area contributed by atoms with Gasteiger partial charge in [0, 0.05) is 41.6 Å². The zero-order valence-electron chi connectivity index (χ0n) is 17.3. The number of esters is 1. The summed E-state index contributed by atoms with van der Waals surface area (Å²) < 4.78 is 4.98. The molecule has 0 saturated carbocycles. The number of nitro benzene ring substituents is 1. The van der Waals surface area contributed by atoms with Gasteiger partial charge in [-0.3, -0.25) is 15.1 Å². The molecule has 0 N–H and O–H groups in total. The Morgan fingerprint density at radius 1 is 1.38 bits per heavy atom. The maximum absolute atomic E-state index is 12.5. The van der Waals surface area contributed by atoms with E-state index in [1.165, 1.54) is 19.2 Å². The van der Waals surface area contributed by atoms with Crippen LogP contribution in [0.15, 0.2) is 45.7 Å². The van der Waals surface area contributed by atoms with Gasteiger partial charge in [-0.25, -0.2) is 4.79 Å². The number of aliphatic imine (C=N–C) groups is 1. The predicted molar refractivity (Wildman–Crippen MR) is 111 cm³/mol.